The van der Waals surface area contributed by atoms with E-state index in [1.165, 1.54) is 13.8 Å². The predicted octanol–water partition coefficient (Wildman–Crippen LogP) is 0.933. The van der Waals surface area contributed by atoms with Crippen LogP contribution in [0.25, 0.3) is 0 Å². The molecule has 0 saturated carbocycles. The van der Waals surface area contributed by atoms with Crippen molar-refractivity contribution in [1.29, 1.82) is 0 Å². The molecule has 1 radical (unpaired) electrons. The summed E-state index contributed by atoms with van der Waals surface area (Å²) in [6, 6.07) is 0. The predicted molar refractivity (Wildman–Crippen MR) is 31.6 cm³/mol. The van der Waals surface area contributed by atoms with Crippen LogP contribution in [0, 0.1) is 0 Å². The van der Waals surface area contributed by atoms with E-state index in [2.05, 4.69) is 4.74 Å². The van der Waals surface area contributed by atoms with Crippen LogP contribution < -0.4 is 0 Å². The Morgan fingerprint density at radius 3 is 2.11 bits per heavy atom. The lowest BCUT2D eigenvalue weighted by atomic mass is 10.4. The van der Waals surface area contributed by atoms with Crippen LogP contribution >= 0.6 is 11.6 Å². The molecular weight excluding hydrogens is 144 g/mol. The van der Waals surface area contributed by atoms with Crippen LogP contribution in [0.4, 0.5) is 0 Å². The molecule has 0 aromatic heterocycles. The Labute approximate surface area is 58.6 Å². The Balaban J connectivity index is 3.51. The van der Waals surface area contributed by atoms with Crippen molar-refractivity contribution in [3.63, 3.8) is 0 Å². The van der Waals surface area contributed by atoms with Gasteiger partial charge in [-0.3, -0.25) is 0 Å². The fraction of sp³-hybridized carbons (Fsp3) is 0.800. The summed E-state index contributed by atoms with van der Waals surface area (Å²) in [6.45, 7) is 2.68. The summed E-state index contributed by atoms with van der Waals surface area (Å²) in [4.78, 5) is 10.3. The van der Waals surface area contributed by atoms with Gasteiger partial charge in [0, 0.05) is 0 Å². The molecule has 3 nitrogen and oxygen atoms in total. The maximum atomic E-state index is 10.3. The van der Waals surface area contributed by atoms with Crippen LogP contribution in [0.5, 0.6) is 0 Å². The fourth-order valence-electron chi connectivity index (χ4n) is 0.256. The molecule has 2 unspecified atom stereocenters. The number of ether oxygens (including phenoxy) is 1. The Morgan fingerprint density at radius 1 is 1.56 bits per heavy atom. The molecule has 0 bridgehead atoms. The minimum absolute atomic E-state index is 0.714. The van der Waals surface area contributed by atoms with Gasteiger partial charge in [-0.25, -0.2) is 9.90 Å². The van der Waals surface area contributed by atoms with Gasteiger partial charge in [-0.05, 0) is 13.8 Å². The van der Waals surface area contributed by atoms with Crippen LogP contribution in [0.1, 0.15) is 13.8 Å². The Morgan fingerprint density at radius 2 is 2.00 bits per heavy atom. The van der Waals surface area contributed by atoms with Gasteiger partial charge >= 0.3 is 5.97 Å². The Hall–Kier alpha value is -0.280. The number of carbonyl (C=O) groups is 1. The summed E-state index contributed by atoms with van der Waals surface area (Å²) in [5.74, 6) is -0.808. The number of rotatable bonds is 2. The van der Waals surface area contributed by atoms with E-state index in [0.29, 0.717) is 0 Å². The van der Waals surface area contributed by atoms with Gasteiger partial charge in [-0.15, -0.1) is 0 Å². The largest absolute Gasteiger partial charge is 0.444 e. The normalized spacial score (nSPS) is 16.4. The van der Waals surface area contributed by atoms with Crippen LogP contribution in [-0.4, -0.2) is 17.6 Å². The van der Waals surface area contributed by atoms with Gasteiger partial charge in [-0.2, -0.15) is 0 Å². The highest BCUT2D eigenvalue weighted by molar-refractivity contribution is 6.20. The first-order valence-electron chi connectivity index (χ1n) is 2.54. The second-order valence-electron chi connectivity index (χ2n) is 1.62. The zero-order valence-electron chi connectivity index (χ0n) is 5.26. The molecule has 0 aliphatic carbocycles. The van der Waals surface area contributed by atoms with E-state index < -0.39 is 17.6 Å². The molecule has 0 spiro atoms. The monoisotopic (exact) mass is 151 g/mol. The fourth-order valence-corrected chi connectivity index (χ4v) is 0.344. The van der Waals surface area contributed by atoms with E-state index in [4.69, 9.17) is 11.6 Å². The molecule has 0 rings (SSSR count). The number of halogens is 1. The Kier molecular flexibility index (Phi) is 3.58. The van der Waals surface area contributed by atoms with E-state index in [1.54, 1.807) is 0 Å². The zero-order valence-corrected chi connectivity index (χ0v) is 6.01. The highest BCUT2D eigenvalue weighted by Gasteiger charge is 2.13. The SMILES string of the molecule is CC(Cl)OC(=O)C(C)[O]. The van der Waals surface area contributed by atoms with Crippen LogP contribution in [0.3, 0.4) is 0 Å². The number of hydrogen-bond acceptors (Lipinski definition) is 2. The summed E-state index contributed by atoms with van der Waals surface area (Å²) in [5.41, 5.74) is -0.714. The van der Waals surface area contributed by atoms with Crippen LogP contribution in [0.2, 0.25) is 0 Å². The first-order valence-corrected chi connectivity index (χ1v) is 2.98. The average Bonchev–Trinajstić information content (AvgIpc) is 1.63. The molecular formula is C5H8ClO3. The smallest absolute Gasteiger partial charge is 0.339 e. The van der Waals surface area contributed by atoms with E-state index >= 15 is 0 Å². The van der Waals surface area contributed by atoms with Crippen LogP contribution in [-0.2, 0) is 14.6 Å². The minimum Gasteiger partial charge on any atom is -0.444 e. The van der Waals surface area contributed by atoms with E-state index in [0.717, 1.165) is 0 Å². The van der Waals surface area contributed by atoms with Gasteiger partial charge in [0.05, 0.1) is 0 Å². The first kappa shape index (κ1) is 8.72. The lowest BCUT2D eigenvalue weighted by molar-refractivity contribution is -0.157. The zero-order chi connectivity index (χ0) is 7.44. The van der Waals surface area contributed by atoms with Crippen molar-refractivity contribution >= 4 is 17.6 Å². The molecule has 4 heteroatoms. The molecule has 0 saturated heterocycles. The van der Waals surface area contributed by atoms with Crippen molar-refractivity contribution in [2.24, 2.45) is 0 Å². The van der Waals surface area contributed by atoms with E-state index in [9.17, 15) is 9.90 Å². The van der Waals surface area contributed by atoms with Crippen molar-refractivity contribution in [1.82, 2.24) is 0 Å². The maximum absolute atomic E-state index is 10.3. The third-order valence-electron chi connectivity index (χ3n) is 0.610. The van der Waals surface area contributed by atoms with Gasteiger partial charge in [0.2, 0.25) is 0 Å². The highest BCUT2D eigenvalue weighted by atomic mass is 35.5. The van der Waals surface area contributed by atoms with Crippen molar-refractivity contribution in [3.05, 3.63) is 0 Å². The quantitative estimate of drug-likeness (QED) is 0.436. The second kappa shape index (κ2) is 3.69. The minimum atomic E-state index is -1.34. The topological polar surface area (TPSA) is 46.2 Å². The van der Waals surface area contributed by atoms with Crippen molar-refractivity contribution in [3.8, 4) is 0 Å². The van der Waals surface area contributed by atoms with Gasteiger partial charge in [0.1, 0.15) is 0 Å². The average molecular weight is 152 g/mol. The molecule has 2 atom stereocenters. The maximum Gasteiger partial charge on any atom is 0.339 e. The van der Waals surface area contributed by atoms with E-state index in [-0.39, 0.29) is 0 Å². The van der Waals surface area contributed by atoms with Gasteiger partial charge in [0.25, 0.3) is 0 Å². The molecule has 53 valence electrons. The summed E-state index contributed by atoms with van der Waals surface area (Å²) in [5, 5.41) is 10.2. The van der Waals surface area contributed by atoms with Gasteiger partial charge in [0.15, 0.2) is 11.7 Å². The lowest BCUT2D eigenvalue weighted by Crippen LogP contribution is -2.20. The summed E-state index contributed by atoms with van der Waals surface area (Å²) < 4.78 is 4.33. The molecule has 0 aliphatic rings. The molecule has 0 aromatic carbocycles. The number of esters is 1. The standard InChI is InChI=1S/C5H8ClO3/c1-3(7)5(8)9-4(2)6/h3-4H,1-2H3. The third kappa shape index (κ3) is 4.24. The number of alkyl halides is 1. The Bertz CT molecular complexity index is 100. The third-order valence-corrected chi connectivity index (χ3v) is 0.700. The number of carbonyl (C=O) groups excluding carboxylic acids is 1. The molecule has 0 N–H and O–H groups in total. The molecule has 0 aromatic rings. The molecule has 9 heavy (non-hydrogen) atoms. The lowest BCUT2D eigenvalue weighted by Gasteiger charge is -2.05. The second-order valence-corrected chi connectivity index (χ2v) is 2.24. The molecule has 0 aliphatic heterocycles. The number of hydrogen-bond donors (Lipinski definition) is 0. The molecule has 0 amide bonds. The molecule has 0 heterocycles. The van der Waals surface area contributed by atoms with E-state index in [1.807, 2.05) is 0 Å². The summed E-state index contributed by atoms with van der Waals surface area (Å²) in [7, 11) is 0. The molecule has 0 fully saturated rings. The summed E-state index contributed by atoms with van der Waals surface area (Å²) in [6.07, 6.45) is -1.34. The summed E-state index contributed by atoms with van der Waals surface area (Å²) >= 11 is 5.23. The van der Waals surface area contributed by atoms with Crippen molar-refractivity contribution in [2.75, 3.05) is 0 Å². The van der Waals surface area contributed by atoms with Crippen LogP contribution in [0.15, 0.2) is 0 Å². The van der Waals surface area contributed by atoms with Gasteiger partial charge in [-0.1, -0.05) is 11.6 Å². The first-order chi connectivity index (χ1) is 4.04. The van der Waals surface area contributed by atoms with Crippen molar-refractivity contribution < 1.29 is 14.6 Å². The van der Waals surface area contributed by atoms with Crippen molar-refractivity contribution in [2.45, 2.75) is 25.5 Å². The van der Waals surface area contributed by atoms with Gasteiger partial charge < -0.3 is 4.74 Å². The highest BCUT2D eigenvalue weighted by Crippen LogP contribution is 1.98.